The Morgan fingerprint density at radius 2 is 1.78 bits per heavy atom. The minimum absolute atomic E-state index is 0.0104. The van der Waals surface area contributed by atoms with Crippen LogP contribution in [0.15, 0.2) is 35.9 Å². The zero-order chi connectivity index (χ0) is 33.7. The molecule has 3 aliphatic rings. The van der Waals surface area contributed by atoms with Crippen LogP contribution in [-0.4, -0.2) is 101 Å². The molecule has 0 bridgehead atoms. The number of terminal acetylenes is 1. The zero-order valence-corrected chi connectivity index (χ0v) is 27.7. The lowest BCUT2D eigenvalue weighted by Crippen LogP contribution is -2.39. The van der Waals surface area contributed by atoms with Crippen molar-refractivity contribution in [2.45, 2.75) is 78.0 Å². The Morgan fingerprint density at radius 3 is 2.20 bits per heavy atom. The van der Waals surface area contributed by atoms with Gasteiger partial charge < -0.3 is 35.0 Å². The summed E-state index contributed by atoms with van der Waals surface area (Å²) in [5.41, 5.74) is 2.41. The molecule has 2 heterocycles. The number of amides is 3. The molecule has 3 N–H and O–H groups in total. The first kappa shape index (κ1) is 41.3. The monoisotopic (exact) mass is 630 g/mol. The molecular weight excluding hydrogens is 576 g/mol. The van der Waals surface area contributed by atoms with E-state index in [2.05, 4.69) is 53.1 Å². The van der Waals surface area contributed by atoms with Gasteiger partial charge in [-0.15, -0.1) is 12.3 Å². The van der Waals surface area contributed by atoms with Gasteiger partial charge in [0.25, 0.3) is 0 Å². The van der Waals surface area contributed by atoms with Gasteiger partial charge in [0.15, 0.2) is 0 Å². The molecule has 252 valence electrons. The van der Waals surface area contributed by atoms with Crippen molar-refractivity contribution in [3.05, 3.63) is 41.5 Å². The van der Waals surface area contributed by atoms with Crippen LogP contribution in [0.3, 0.4) is 0 Å². The lowest BCUT2D eigenvalue weighted by molar-refractivity contribution is -0.122. The molecule has 3 atom stereocenters. The predicted molar refractivity (Wildman–Crippen MR) is 177 cm³/mol. The van der Waals surface area contributed by atoms with Crippen molar-refractivity contribution in [1.82, 2.24) is 20.9 Å². The number of benzene rings is 1. The van der Waals surface area contributed by atoms with Crippen molar-refractivity contribution in [3.63, 3.8) is 0 Å². The second kappa shape index (κ2) is 27.8. The van der Waals surface area contributed by atoms with Crippen LogP contribution in [0.4, 0.5) is 0 Å². The van der Waals surface area contributed by atoms with E-state index in [0.29, 0.717) is 25.3 Å². The average molecular weight is 631 g/mol. The maximum Gasteiger partial charge on any atom is 0.239 e. The molecule has 0 spiro atoms. The number of carbonyl (C=O) groups is 4. The van der Waals surface area contributed by atoms with Crippen LogP contribution >= 0.6 is 0 Å². The quantitative estimate of drug-likeness (QED) is 0.131. The Morgan fingerprint density at radius 1 is 1.16 bits per heavy atom. The van der Waals surface area contributed by atoms with E-state index in [1.165, 1.54) is 18.5 Å². The number of methoxy groups -OCH3 is 1. The first-order chi connectivity index (χ1) is 21.8. The van der Waals surface area contributed by atoms with Gasteiger partial charge >= 0.3 is 0 Å². The topological polar surface area (TPSA) is 139 Å². The lowest BCUT2D eigenvalue weighted by atomic mass is 10.1. The molecule has 1 aliphatic carbocycles. The van der Waals surface area contributed by atoms with Crippen LogP contribution < -0.4 is 20.7 Å². The smallest absolute Gasteiger partial charge is 0.239 e. The molecule has 0 saturated carbocycles. The van der Waals surface area contributed by atoms with E-state index < -0.39 is 0 Å². The zero-order valence-electron chi connectivity index (χ0n) is 27.7. The minimum atomic E-state index is -0.327. The van der Waals surface area contributed by atoms with E-state index in [1.807, 2.05) is 31.2 Å². The Labute approximate surface area is 269 Å². The van der Waals surface area contributed by atoms with Gasteiger partial charge in [-0.1, -0.05) is 30.7 Å². The summed E-state index contributed by atoms with van der Waals surface area (Å²) in [4.78, 5) is 44.3. The molecule has 0 radical (unpaired) electrons. The van der Waals surface area contributed by atoms with Crippen molar-refractivity contribution < 1.29 is 33.4 Å². The number of allylic oxidation sites excluding steroid dienone is 1. The summed E-state index contributed by atoms with van der Waals surface area (Å²) in [5, 5.41) is 7.59. The molecule has 2 aliphatic heterocycles. The molecule has 0 aromatic heterocycles. The fourth-order valence-electron chi connectivity index (χ4n) is 4.08. The highest BCUT2D eigenvalue weighted by atomic mass is 16.6. The summed E-state index contributed by atoms with van der Waals surface area (Å²) in [7, 11) is 1.62. The van der Waals surface area contributed by atoms with Gasteiger partial charge in [0, 0.05) is 19.1 Å². The third-order valence-electron chi connectivity index (χ3n) is 6.57. The van der Waals surface area contributed by atoms with Crippen LogP contribution in [0.5, 0.6) is 5.75 Å². The van der Waals surface area contributed by atoms with Crippen LogP contribution in [0.2, 0.25) is 0 Å². The average Bonchev–Trinajstić information content (AvgIpc) is 3.66. The Balaban J connectivity index is 0.000000612. The fourth-order valence-corrected chi connectivity index (χ4v) is 4.08. The largest absolute Gasteiger partial charge is 0.497 e. The number of hydrogen-bond donors (Lipinski definition) is 3. The second-order valence-electron chi connectivity index (χ2n) is 10.5. The standard InChI is InChI=1S/C13H18N2O3.C9H13NO2.C6H13NO.C3H6O.C3H4/c1-10(15-13(17)8-14-9-16)7-11-3-5-12(18-2)6-4-11;11-6-9(10-7-12)5-8-3-1-2-4-8;1-2-7-3-5-8-6-4-7;1-3-2-4-3;1-3-2/h3-6,9-10H,7-8H2,1-2H3,(H,14,16)(H,15,17);3,6-7,9H,1-2,4-5H2,(H,10,12);2-6H2,1H3;3H,2H2,1H3;1H,2H3/t;9-;;;/m.0.../s1. The van der Waals surface area contributed by atoms with E-state index in [-0.39, 0.29) is 24.5 Å². The molecule has 45 heavy (non-hydrogen) atoms. The van der Waals surface area contributed by atoms with Crippen molar-refractivity contribution in [2.75, 3.05) is 53.1 Å². The summed E-state index contributed by atoms with van der Waals surface area (Å²) >= 11 is 0. The van der Waals surface area contributed by atoms with Gasteiger partial charge in [0.05, 0.1) is 45.6 Å². The lowest BCUT2D eigenvalue weighted by Gasteiger charge is -2.24. The number of morpholine rings is 1. The number of rotatable bonds is 13. The van der Waals surface area contributed by atoms with Crippen molar-refractivity contribution >= 4 is 25.0 Å². The maximum absolute atomic E-state index is 11.4. The molecule has 1 aromatic carbocycles. The van der Waals surface area contributed by atoms with Crippen molar-refractivity contribution in [1.29, 1.82) is 0 Å². The minimum Gasteiger partial charge on any atom is -0.497 e. The van der Waals surface area contributed by atoms with E-state index in [9.17, 15) is 19.2 Å². The van der Waals surface area contributed by atoms with Crippen molar-refractivity contribution in [3.8, 4) is 18.1 Å². The van der Waals surface area contributed by atoms with E-state index in [0.717, 1.165) is 69.8 Å². The highest BCUT2D eigenvalue weighted by Crippen LogP contribution is 2.21. The molecule has 1 aromatic rings. The maximum atomic E-state index is 11.4. The first-order valence-electron chi connectivity index (χ1n) is 15.5. The third-order valence-corrected chi connectivity index (χ3v) is 6.57. The summed E-state index contributed by atoms with van der Waals surface area (Å²) in [6, 6.07) is 7.39. The van der Waals surface area contributed by atoms with E-state index in [4.69, 9.17) is 14.2 Å². The van der Waals surface area contributed by atoms with Crippen LogP contribution in [-0.2, 0) is 35.1 Å². The summed E-state index contributed by atoms with van der Waals surface area (Å²) in [5.74, 6) is 2.87. The number of carbonyl (C=O) groups excluding carboxylic acids is 4. The SMILES string of the molecule is C#CC.CC1CO1.CCN1CCOCC1.COc1ccc(CC(C)NC(=O)CNC=O)cc1.O=CN[C@H](C=O)CC1=CCCC1. The molecule has 11 nitrogen and oxygen atoms in total. The summed E-state index contributed by atoms with van der Waals surface area (Å²) in [6.45, 7) is 14.1. The fraction of sp³-hybridized carbons (Fsp3) is 0.588. The highest BCUT2D eigenvalue weighted by Gasteiger charge is 2.13. The van der Waals surface area contributed by atoms with E-state index in [1.54, 1.807) is 14.0 Å². The van der Waals surface area contributed by atoms with Crippen molar-refractivity contribution in [2.24, 2.45) is 0 Å². The molecule has 11 heteroatoms. The first-order valence-corrected chi connectivity index (χ1v) is 15.5. The third kappa shape index (κ3) is 24.3. The summed E-state index contributed by atoms with van der Waals surface area (Å²) in [6.07, 6.45) is 14.0. The van der Waals surface area contributed by atoms with E-state index >= 15 is 0 Å². The second-order valence-corrected chi connectivity index (χ2v) is 10.5. The van der Waals surface area contributed by atoms with Crippen LogP contribution in [0, 0.1) is 12.3 Å². The normalized spacial score (nSPS) is 17.3. The molecule has 4 rings (SSSR count). The summed E-state index contributed by atoms with van der Waals surface area (Å²) < 4.78 is 14.9. The van der Waals surface area contributed by atoms with Gasteiger partial charge in [-0.05, 0) is 77.1 Å². The number of aldehydes is 1. The van der Waals surface area contributed by atoms with Gasteiger partial charge in [0.2, 0.25) is 18.7 Å². The number of likely N-dealkylation sites (N-methyl/N-ethyl adjacent to an activating group) is 1. The number of hydrogen-bond acceptors (Lipinski definition) is 8. The van der Waals surface area contributed by atoms with Gasteiger partial charge in [0.1, 0.15) is 12.0 Å². The highest BCUT2D eigenvalue weighted by molar-refractivity contribution is 5.80. The number of nitrogens with one attached hydrogen (secondary N) is 3. The number of nitrogens with zero attached hydrogens (tertiary/aromatic N) is 1. The van der Waals surface area contributed by atoms with Gasteiger partial charge in [-0.25, -0.2) is 0 Å². The van der Waals surface area contributed by atoms with Crippen LogP contribution in [0.1, 0.15) is 58.9 Å². The van der Waals surface area contributed by atoms with Gasteiger partial charge in [-0.3, -0.25) is 19.3 Å². The predicted octanol–water partition coefficient (Wildman–Crippen LogP) is 2.67. The Hall–Kier alpha value is -3.72. The van der Waals surface area contributed by atoms with Crippen LogP contribution in [0.25, 0.3) is 0 Å². The molecule has 2 saturated heterocycles. The Kier molecular flexibility index (Phi) is 25.5. The Bertz CT molecular complexity index is 1000. The molecule has 2 fully saturated rings. The molecule has 3 amide bonds. The van der Waals surface area contributed by atoms with Gasteiger partial charge in [-0.2, -0.15) is 0 Å². The molecular formula is C34H54N4O7. The number of epoxide rings is 1. The molecule has 2 unspecified atom stereocenters. The number of ether oxygens (including phenoxy) is 3.